The van der Waals surface area contributed by atoms with E-state index in [-0.39, 0.29) is 56.2 Å². The van der Waals surface area contributed by atoms with Gasteiger partial charge < -0.3 is 73.4 Å². The summed E-state index contributed by atoms with van der Waals surface area (Å²) in [5.41, 5.74) is 1.02. The van der Waals surface area contributed by atoms with Crippen molar-refractivity contribution in [3.63, 3.8) is 0 Å². The van der Waals surface area contributed by atoms with Crippen molar-refractivity contribution in [3.8, 4) is 5.75 Å². The second-order valence-electron chi connectivity index (χ2n) is 20.8. The summed E-state index contributed by atoms with van der Waals surface area (Å²) in [5.74, 6) is -6.74. The third-order valence-electron chi connectivity index (χ3n) is 13.0. The molecule has 0 spiro atoms. The van der Waals surface area contributed by atoms with Crippen molar-refractivity contribution in [2.75, 3.05) is 66.1 Å². The number of rotatable bonds is 27. The van der Waals surface area contributed by atoms with Crippen molar-refractivity contribution in [3.05, 3.63) is 41.7 Å². The first kappa shape index (κ1) is 67.5. The van der Waals surface area contributed by atoms with Crippen molar-refractivity contribution >= 4 is 53.2 Å². The Morgan fingerprint density at radius 1 is 0.750 bits per heavy atom. The average Bonchev–Trinajstić information content (AvgIpc) is 3.87. The van der Waals surface area contributed by atoms with E-state index in [4.69, 9.17) is 4.74 Å². The molecule has 3 rings (SSSR count). The van der Waals surface area contributed by atoms with E-state index in [0.29, 0.717) is 82.9 Å². The Kier molecular flexibility index (Phi) is 32.0. The number of carboxylic acid groups (broad SMARTS) is 1. The third-order valence-corrected chi connectivity index (χ3v) is 13.0. The Bertz CT molecular complexity index is 2250. The number of aliphatic carboxylic acids is 1. The van der Waals surface area contributed by atoms with Gasteiger partial charge in [0.1, 0.15) is 36.0 Å². The molecule has 80 heavy (non-hydrogen) atoms. The van der Waals surface area contributed by atoms with Gasteiger partial charge in [-0.1, -0.05) is 58.4 Å². The zero-order chi connectivity index (χ0) is 58.8. The highest BCUT2D eigenvalue weighted by molar-refractivity contribution is 5.96. The highest BCUT2D eigenvalue weighted by Crippen LogP contribution is 2.14. The average molecular weight is 1130 g/mol. The van der Waals surface area contributed by atoms with Crippen LogP contribution < -0.4 is 58.5 Å². The smallest absolute Gasteiger partial charge is 0.303 e. The van der Waals surface area contributed by atoms with Crippen LogP contribution in [0.2, 0.25) is 0 Å². The topological polar surface area (TPSA) is 366 Å². The number of aromatic nitrogens is 3. The van der Waals surface area contributed by atoms with Gasteiger partial charge in [0, 0.05) is 64.6 Å². The van der Waals surface area contributed by atoms with Gasteiger partial charge in [-0.3, -0.25) is 47.8 Å². The van der Waals surface area contributed by atoms with E-state index in [2.05, 4.69) is 75.7 Å². The van der Waals surface area contributed by atoms with Crippen LogP contribution in [-0.2, 0) is 67.3 Å². The number of hydrogen-bond donors (Lipinski definition) is 13. The number of fused-ring (bicyclic) bond motifs is 2. The molecule has 0 fully saturated rings. The number of phenols is 1. The monoisotopic (exact) mass is 1130 g/mol. The Morgan fingerprint density at radius 3 is 2.05 bits per heavy atom. The number of aromatic hydroxyl groups is 1. The highest BCUT2D eigenvalue weighted by atomic mass is 16.5. The number of nitrogens with zero attached hydrogens (tertiary/aromatic N) is 3. The lowest BCUT2D eigenvalue weighted by Crippen LogP contribution is -2.59. The molecule has 0 aliphatic carbocycles. The van der Waals surface area contributed by atoms with Crippen LogP contribution in [0.1, 0.15) is 117 Å². The lowest BCUT2D eigenvalue weighted by atomic mass is 10.00. The van der Waals surface area contributed by atoms with E-state index in [0.717, 1.165) is 25.8 Å². The van der Waals surface area contributed by atoms with Gasteiger partial charge >= 0.3 is 5.97 Å². The van der Waals surface area contributed by atoms with Gasteiger partial charge in [0.05, 0.1) is 31.5 Å². The number of carbonyl (C=O) groups excluding carboxylic acids is 8. The molecule has 0 radical (unpaired) electrons. The molecule has 1 aliphatic heterocycles. The van der Waals surface area contributed by atoms with E-state index in [1.165, 1.54) is 12.1 Å². The molecule has 1 aromatic heterocycles. The molecule has 2 heterocycles. The second-order valence-corrected chi connectivity index (χ2v) is 20.8. The summed E-state index contributed by atoms with van der Waals surface area (Å²) in [6, 6.07) is -1.09. The summed E-state index contributed by atoms with van der Waals surface area (Å²) in [4.78, 5) is 120. The number of unbranched alkanes of at least 4 members (excludes halogenated alkanes) is 1. The largest absolute Gasteiger partial charge is 0.508 e. The molecule has 448 valence electrons. The van der Waals surface area contributed by atoms with Crippen molar-refractivity contribution in [1.29, 1.82) is 0 Å². The second kappa shape index (κ2) is 38.0. The molecule has 26 nitrogen and oxygen atoms in total. The predicted octanol–water partition coefficient (Wildman–Crippen LogP) is -0.954. The Balaban J connectivity index is 1.76. The van der Waals surface area contributed by atoms with Gasteiger partial charge in [-0.25, -0.2) is 0 Å². The van der Waals surface area contributed by atoms with Crippen LogP contribution in [0, 0.1) is 11.8 Å². The van der Waals surface area contributed by atoms with Crippen molar-refractivity contribution in [2.24, 2.45) is 11.8 Å². The molecule has 0 saturated heterocycles. The molecule has 13 N–H and O–H groups in total. The summed E-state index contributed by atoms with van der Waals surface area (Å²) in [6.45, 7) is 13.4. The zero-order valence-electron chi connectivity index (χ0n) is 47.6. The fourth-order valence-electron chi connectivity index (χ4n) is 8.47. The quantitative estimate of drug-likeness (QED) is 0.0480. The highest BCUT2D eigenvalue weighted by Gasteiger charge is 2.33. The van der Waals surface area contributed by atoms with Crippen molar-refractivity contribution < 1.29 is 58.1 Å². The van der Waals surface area contributed by atoms with Crippen LogP contribution in [0.4, 0.5) is 0 Å². The van der Waals surface area contributed by atoms with E-state index in [1.54, 1.807) is 43.9 Å². The minimum atomic E-state index is -1.48. The number of benzene rings is 1. The SMILES string of the molecule is CCCCC(=O)NCCCNCCOCCNCCCNC(=O)[C@@H]1CCCCn2cc(nn2)CC(NC)C(=O)NC(CC(C)C)C(=O)NC(Cc2ccc(O)cc2)C(=O)NCC(=O)NC(CCC(=O)O)C(=O)NC(C(C)C)C(=O)N1. The first-order valence-electron chi connectivity index (χ1n) is 28.2. The molecule has 6 atom stereocenters. The Labute approximate surface area is 469 Å². The van der Waals surface area contributed by atoms with Crippen molar-refractivity contribution in [1.82, 2.24) is 73.5 Å². The predicted molar refractivity (Wildman–Crippen MR) is 297 cm³/mol. The summed E-state index contributed by atoms with van der Waals surface area (Å²) in [5, 5.41) is 59.3. The van der Waals surface area contributed by atoms with Gasteiger partial charge in [-0.2, -0.15) is 0 Å². The van der Waals surface area contributed by atoms with Gasteiger partial charge in [0.15, 0.2) is 0 Å². The molecule has 2 bridgehead atoms. The van der Waals surface area contributed by atoms with Crippen LogP contribution in [0.15, 0.2) is 30.5 Å². The molecular formula is C54H90N14O12. The van der Waals surface area contributed by atoms with Crippen LogP contribution in [-0.4, -0.2) is 181 Å². The number of ether oxygens (including phenoxy) is 1. The number of phenolic OH excluding ortho intramolecular Hbond substituents is 1. The van der Waals surface area contributed by atoms with E-state index in [1.807, 2.05) is 13.8 Å². The van der Waals surface area contributed by atoms with Gasteiger partial charge in [-0.05, 0) is 101 Å². The van der Waals surface area contributed by atoms with Crippen LogP contribution in [0.25, 0.3) is 0 Å². The number of hydrogen-bond acceptors (Lipinski definition) is 16. The maximum Gasteiger partial charge on any atom is 0.303 e. The lowest BCUT2D eigenvalue weighted by molar-refractivity contribution is -0.138. The molecule has 1 aliphatic rings. The maximum absolute atomic E-state index is 14.1. The summed E-state index contributed by atoms with van der Waals surface area (Å²) in [6.07, 6.45) is 5.95. The normalized spacial score (nSPS) is 20.6. The molecule has 5 unspecified atom stereocenters. The number of amides is 8. The first-order valence-corrected chi connectivity index (χ1v) is 28.2. The Hall–Kier alpha value is -6.77. The van der Waals surface area contributed by atoms with Crippen LogP contribution in [0.3, 0.4) is 0 Å². The van der Waals surface area contributed by atoms with Gasteiger partial charge in [-0.15, -0.1) is 5.10 Å². The maximum atomic E-state index is 14.1. The fraction of sp³-hybridized carbons (Fsp3) is 0.685. The minimum Gasteiger partial charge on any atom is -0.508 e. The summed E-state index contributed by atoms with van der Waals surface area (Å²) in [7, 11) is 1.59. The van der Waals surface area contributed by atoms with E-state index < -0.39 is 102 Å². The van der Waals surface area contributed by atoms with Crippen LogP contribution in [0.5, 0.6) is 5.75 Å². The zero-order valence-corrected chi connectivity index (χ0v) is 47.6. The fourth-order valence-corrected chi connectivity index (χ4v) is 8.47. The van der Waals surface area contributed by atoms with Gasteiger partial charge in [0.2, 0.25) is 47.3 Å². The lowest BCUT2D eigenvalue weighted by Gasteiger charge is -2.27. The summed E-state index contributed by atoms with van der Waals surface area (Å²) < 4.78 is 7.30. The number of likely N-dealkylation sites (N-methyl/N-ethyl adjacent to an activating group) is 1. The number of carbonyl (C=O) groups is 9. The molecule has 1 aromatic carbocycles. The molecular weight excluding hydrogens is 1040 g/mol. The van der Waals surface area contributed by atoms with Gasteiger partial charge in [0.25, 0.3) is 0 Å². The first-order chi connectivity index (χ1) is 38.3. The minimum absolute atomic E-state index is 0.0337. The van der Waals surface area contributed by atoms with Crippen molar-refractivity contribution in [2.45, 2.75) is 161 Å². The summed E-state index contributed by atoms with van der Waals surface area (Å²) >= 11 is 0. The molecule has 8 amide bonds. The van der Waals surface area contributed by atoms with E-state index >= 15 is 0 Å². The number of carboxylic acids is 1. The molecule has 0 saturated carbocycles. The third kappa shape index (κ3) is 27.4. The number of nitrogens with one attached hydrogen (secondary N) is 11. The van der Waals surface area contributed by atoms with Crippen LogP contribution >= 0.6 is 0 Å². The van der Waals surface area contributed by atoms with E-state index in [9.17, 15) is 53.4 Å². The Morgan fingerprint density at radius 2 is 1.41 bits per heavy atom. The standard InChI is InChI=1S/C54H90N14O12/c1-7-8-14-45(70)58-23-11-21-56-25-28-80-29-26-57-22-12-24-59-49(74)40-13-9-10-27-68-34-38(66-67-68)32-42(55-6)52(77)63-43(30-35(2)3)53(78)64-44(31-37-15-17-39(69)18-16-37)50(75)60-33-46(71)61-41(19-20-47(72)73)51(76)65-48(36(4)5)54(79)62-40/h15-18,34-36,40-44,48,55-57,69H,7-14,19-33H2,1-6H3,(H,58,70)(H,59,74)(H,60,75)(H,61,71)(H,62,79)(H,63,77)(H,64,78)(H,65,76)(H,72,73)/t40-,41?,42?,43?,44?,48?/m0/s1. The molecule has 2 aromatic rings. The number of aryl methyl sites for hydroxylation is 1. The molecule has 26 heteroatoms.